The normalized spacial score (nSPS) is 16.1. The highest BCUT2D eigenvalue weighted by Crippen LogP contribution is 2.37. The number of anilines is 2. The lowest BCUT2D eigenvalue weighted by atomic mass is 9.73. The first-order valence-corrected chi connectivity index (χ1v) is 9.81. The number of carbonyl (C=O) groups is 1. The molecule has 5 heteroatoms. The first kappa shape index (κ1) is 18.9. The largest absolute Gasteiger partial charge is 0.381 e. The highest BCUT2D eigenvalue weighted by molar-refractivity contribution is 9.10. The highest BCUT2D eigenvalue weighted by atomic mass is 79.9. The molecule has 1 aliphatic heterocycles. The van der Waals surface area contributed by atoms with Crippen molar-refractivity contribution in [3.63, 3.8) is 0 Å². The molecule has 0 spiro atoms. The number of nitrogens with zero attached hydrogens (tertiary/aromatic N) is 1. The third-order valence-electron chi connectivity index (χ3n) is 5.20. The minimum Gasteiger partial charge on any atom is -0.381 e. The molecule has 26 heavy (non-hydrogen) atoms. The molecule has 1 N–H and O–H groups in total. The summed E-state index contributed by atoms with van der Waals surface area (Å²) < 4.78 is 6.55. The van der Waals surface area contributed by atoms with Crippen LogP contribution in [0.3, 0.4) is 0 Å². The predicted molar refractivity (Wildman–Crippen MR) is 110 cm³/mol. The van der Waals surface area contributed by atoms with Gasteiger partial charge in [0.1, 0.15) is 0 Å². The first-order valence-electron chi connectivity index (χ1n) is 9.01. The molecule has 0 aliphatic carbocycles. The van der Waals surface area contributed by atoms with E-state index in [-0.39, 0.29) is 5.91 Å². The second-order valence-electron chi connectivity index (χ2n) is 6.72. The van der Waals surface area contributed by atoms with Gasteiger partial charge in [0.05, 0.1) is 5.41 Å². The standard InChI is InChI=1S/C21H25BrN2O2/c1-3-24(2)19-6-4-5-18(15-19)23-20(25)21(11-13-26-14-12-21)16-7-9-17(22)10-8-16/h4-10,15H,3,11-14H2,1-2H3,(H,23,25). The zero-order valence-electron chi connectivity index (χ0n) is 15.3. The second kappa shape index (κ2) is 8.23. The van der Waals surface area contributed by atoms with Crippen molar-refractivity contribution < 1.29 is 9.53 Å². The quantitative estimate of drug-likeness (QED) is 0.774. The van der Waals surface area contributed by atoms with Gasteiger partial charge in [-0.05, 0) is 55.7 Å². The maximum Gasteiger partial charge on any atom is 0.235 e. The Balaban J connectivity index is 1.88. The molecule has 0 radical (unpaired) electrons. The van der Waals surface area contributed by atoms with Crippen LogP contribution in [0.4, 0.5) is 11.4 Å². The van der Waals surface area contributed by atoms with Gasteiger partial charge in [0, 0.05) is 42.7 Å². The van der Waals surface area contributed by atoms with E-state index in [9.17, 15) is 4.79 Å². The van der Waals surface area contributed by atoms with Crippen molar-refractivity contribution in [2.75, 3.05) is 37.0 Å². The number of carbonyl (C=O) groups excluding carboxylic acids is 1. The van der Waals surface area contributed by atoms with E-state index < -0.39 is 5.41 Å². The van der Waals surface area contributed by atoms with Crippen molar-refractivity contribution in [2.24, 2.45) is 0 Å². The number of benzene rings is 2. The van der Waals surface area contributed by atoms with E-state index in [4.69, 9.17) is 4.74 Å². The summed E-state index contributed by atoms with van der Waals surface area (Å²) in [6.45, 7) is 4.22. The molecular formula is C21H25BrN2O2. The SMILES string of the molecule is CCN(C)c1cccc(NC(=O)C2(c3ccc(Br)cc3)CCOCC2)c1. The summed E-state index contributed by atoms with van der Waals surface area (Å²) in [5.74, 6) is 0.0411. The smallest absolute Gasteiger partial charge is 0.235 e. The third kappa shape index (κ3) is 3.94. The molecular weight excluding hydrogens is 392 g/mol. The Morgan fingerprint density at radius 2 is 1.88 bits per heavy atom. The van der Waals surface area contributed by atoms with Crippen LogP contribution in [0.2, 0.25) is 0 Å². The van der Waals surface area contributed by atoms with E-state index in [0.29, 0.717) is 26.1 Å². The average Bonchev–Trinajstić information content (AvgIpc) is 2.68. The van der Waals surface area contributed by atoms with Crippen LogP contribution in [-0.2, 0) is 14.9 Å². The van der Waals surface area contributed by atoms with Crippen LogP contribution in [0.25, 0.3) is 0 Å². The van der Waals surface area contributed by atoms with Crippen LogP contribution >= 0.6 is 15.9 Å². The molecule has 1 amide bonds. The summed E-state index contributed by atoms with van der Waals surface area (Å²) in [5, 5.41) is 3.15. The molecule has 138 valence electrons. The fourth-order valence-corrected chi connectivity index (χ4v) is 3.65. The van der Waals surface area contributed by atoms with E-state index in [1.54, 1.807) is 0 Å². The zero-order valence-corrected chi connectivity index (χ0v) is 16.9. The summed E-state index contributed by atoms with van der Waals surface area (Å²) in [6, 6.07) is 16.1. The van der Waals surface area contributed by atoms with Crippen molar-refractivity contribution in [3.8, 4) is 0 Å². The Bertz CT molecular complexity index is 755. The van der Waals surface area contributed by atoms with Crippen LogP contribution in [0.15, 0.2) is 53.0 Å². The van der Waals surface area contributed by atoms with Gasteiger partial charge >= 0.3 is 0 Å². The maximum atomic E-state index is 13.3. The van der Waals surface area contributed by atoms with E-state index in [0.717, 1.165) is 28.0 Å². The second-order valence-corrected chi connectivity index (χ2v) is 7.64. The Hall–Kier alpha value is -1.85. The van der Waals surface area contributed by atoms with Crippen molar-refractivity contribution in [1.29, 1.82) is 0 Å². The molecule has 1 saturated heterocycles. The monoisotopic (exact) mass is 416 g/mol. The number of ether oxygens (including phenoxy) is 1. The summed E-state index contributed by atoms with van der Waals surface area (Å²) >= 11 is 3.48. The predicted octanol–water partition coefficient (Wildman–Crippen LogP) is 4.59. The topological polar surface area (TPSA) is 41.6 Å². The molecule has 1 heterocycles. The van der Waals surface area contributed by atoms with Gasteiger partial charge in [-0.1, -0.05) is 34.1 Å². The third-order valence-corrected chi connectivity index (χ3v) is 5.73. The number of hydrogen-bond donors (Lipinski definition) is 1. The Kier molecular flexibility index (Phi) is 5.99. The Morgan fingerprint density at radius 1 is 1.19 bits per heavy atom. The van der Waals surface area contributed by atoms with Crippen LogP contribution in [0.5, 0.6) is 0 Å². The molecule has 2 aromatic rings. The number of halogens is 1. The van der Waals surface area contributed by atoms with Crippen molar-refractivity contribution >= 4 is 33.2 Å². The van der Waals surface area contributed by atoms with E-state index in [1.807, 2.05) is 49.5 Å². The minimum atomic E-state index is -0.550. The minimum absolute atomic E-state index is 0.0411. The zero-order chi connectivity index (χ0) is 18.6. The van der Waals surface area contributed by atoms with E-state index in [1.165, 1.54) is 0 Å². The lowest BCUT2D eigenvalue weighted by Crippen LogP contribution is -2.44. The highest BCUT2D eigenvalue weighted by Gasteiger charge is 2.41. The lowest BCUT2D eigenvalue weighted by molar-refractivity contribution is -0.125. The summed E-state index contributed by atoms with van der Waals surface area (Å²) in [7, 11) is 2.04. The Morgan fingerprint density at radius 3 is 2.54 bits per heavy atom. The van der Waals surface area contributed by atoms with Gasteiger partial charge in [-0.15, -0.1) is 0 Å². The molecule has 1 aliphatic rings. The molecule has 0 saturated carbocycles. The van der Waals surface area contributed by atoms with Crippen LogP contribution in [-0.4, -0.2) is 32.7 Å². The number of nitrogens with one attached hydrogen (secondary N) is 1. The number of hydrogen-bond acceptors (Lipinski definition) is 3. The van der Waals surface area contributed by atoms with Crippen LogP contribution in [0, 0.1) is 0 Å². The van der Waals surface area contributed by atoms with Crippen molar-refractivity contribution in [3.05, 3.63) is 58.6 Å². The fourth-order valence-electron chi connectivity index (χ4n) is 3.39. The molecule has 0 aromatic heterocycles. The van der Waals surface area contributed by atoms with Gasteiger partial charge in [0.2, 0.25) is 5.91 Å². The molecule has 4 nitrogen and oxygen atoms in total. The van der Waals surface area contributed by atoms with Gasteiger partial charge in [-0.2, -0.15) is 0 Å². The van der Waals surface area contributed by atoms with Gasteiger partial charge in [-0.3, -0.25) is 4.79 Å². The Labute approximate surface area is 163 Å². The van der Waals surface area contributed by atoms with Gasteiger partial charge in [0.25, 0.3) is 0 Å². The van der Waals surface area contributed by atoms with Crippen molar-refractivity contribution in [2.45, 2.75) is 25.2 Å². The molecule has 0 atom stereocenters. The van der Waals surface area contributed by atoms with Gasteiger partial charge < -0.3 is 15.0 Å². The molecule has 0 bridgehead atoms. The molecule has 0 unspecified atom stereocenters. The summed E-state index contributed by atoms with van der Waals surface area (Å²) in [6.07, 6.45) is 1.38. The number of rotatable bonds is 5. The van der Waals surface area contributed by atoms with Crippen molar-refractivity contribution in [1.82, 2.24) is 0 Å². The van der Waals surface area contributed by atoms with E-state index in [2.05, 4.69) is 39.1 Å². The first-order chi connectivity index (χ1) is 12.5. The molecule has 2 aromatic carbocycles. The summed E-state index contributed by atoms with van der Waals surface area (Å²) in [4.78, 5) is 15.5. The average molecular weight is 417 g/mol. The van der Waals surface area contributed by atoms with Crippen LogP contribution < -0.4 is 10.2 Å². The van der Waals surface area contributed by atoms with Crippen LogP contribution in [0.1, 0.15) is 25.3 Å². The maximum absolute atomic E-state index is 13.3. The molecule has 1 fully saturated rings. The molecule has 3 rings (SSSR count). The number of amides is 1. The van der Waals surface area contributed by atoms with E-state index >= 15 is 0 Å². The lowest BCUT2D eigenvalue weighted by Gasteiger charge is -2.36. The fraction of sp³-hybridized carbons (Fsp3) is 0.381. The van der Waals surface area contributed by atoms with Gasteiger partial charge in [-0.25, -0.2) is 0 Å². The summed E-state index contributed by atoms with van der Waals surface area (Å²) in [5.41, 5.74) is 2.42. The van der Waals surface area contributed by atoms with Gasteiger partial charge in [0.15, 0.2) is 0 Å².